The average molecular weight is 272 g/mol. The molecule has 0 saturated heterocycles. The number of benzene rings is 1. The van der Waals surface area contributed by atoms with Crippen LogP contribution in [-0.4, -0.2) is 39.0 Å². The van der Waals surface area contributed by atoms with E-state index >= 15 is 0 Å². The number of nitrogen functional groups attached to an aromatic ring is 1. The third-order valence-corrected chi connectivity index (χ3v) is 4.32. The fraction of sp³-hybridized carbons (Fsp3) is 0.500. The molecule has 1 aromatic rings. The van der Waals surface area contributed by atoms with Crippen LogP contribution in [0, 0.1) is 0 Å². The Bertz CT molecular complexity index is 469. The Morgan fingerprint density at radius 2 is 1.83 bits per heavy atom. The molecule has 6 heteroatoms. The highest BCUT2D eigenvalue weighted by atomic mass is 32.2. The van der Waals surface area contributed by atoms with Gasteiger partial charge in [0.05, 0.1) is 17.6 Å². The summed E-state index contributed by atoms with van der Waals surface area (Å²) in [6.45, 7) is 4.52. The van der Waals surface area contributed by atoms with E-state index in [0.717, 1.165) is 0 Å². The minimum atomic E-state index is -3.46. The van der Waals surface area contributed by atoms with Crippen LogP contribution in [0.25, 0.3) is 0 Å². The van der Waals surface area contributed by atoms with Gasteiger partial charge in [0, 0.05) is 19.3 Å². The zero-order valence-corrected chi connectivity index (χ0v) is 11.8. The van der Waals surface area contributed by atoms with Crippen molar-refractivity contribution in [2.24, 2.45) is 0 Å². The lowest BCUT2D eigenvalue weighted by Gasteiger charge is -2.18. The van der Waals surface area contributed by atoms with Crippen molar-refractivity contribution in [2.75, 3.05) is 25.9 Å². The van der Waals surface area contributed by atoms with Gasteiger partial charge in [-0.05, 0) is 38.1 Å². The molecule has 1 rings (SSSR count). The summed E-state index contributed by atoms with van der Waals surface area (Å²) in [5, 5.41) is 0. The zero-order valence-electron chi connectivity index (χ0n) is 11.0. The number of sulfonamides is 1. The second kappa shape index (κ2) is 6.17. The van der Waals surface area contributed by atoms with Crippen molar-refractivity contribution >= 4 is 15.7 Å². The van der Waals surface area contributed by atoms with Crippen molar-refractivity contribution < 1.29 is 13.2 Å². The van der Waals surface area contributed by atoms with Gasteiger partial charge in [-0.3, -0.25) is 0 Å². The Morgan fingerprint density at radius 1 is 1.28 bits per heavy atom. The molecule has 0 atom stereocenters. The van der Waals surface area contributed by atoms with Crippen LogP contribution in [0.4, 0.5) is 5.69 Å². The first-order valence-corrected chi connectivity index (χ1v) is 7.21. The lowest BCUT2D eigenvalue weighted by molar-refractivity contribution is 0.0737. The molecule has 0 aliphatic rings. The highest BCUT2D eigenvalue weighted by Gasteiger charge is 2.20. The van der Waals surface area contributed by atoms with E-state index < -0.39 is 10.0 Å². The number of rotatable bonds is 6. The van der Waals surface area contributed by atoms with E-state index in [1.54, 1.807) is 12.1 Å². The molecule has 1 aromatic carbocycles. The number of likely N-dealkylation sites (N-methyl/N-ethyl adjacent to an activating group) is 1. The summed E-state index contributed by atoms with van der Waals surface area (Å²) in [6, 6.07) is 6.16. The second-order valence-corrected chi connectivity index (χ2v) is 6.36. The highest BCUT2D eigenvalue weighted by molar-refractivity contribution is 7.89. The largest absolute Gasteiger partial charge is 0.399 e. The molecule has 0 unspecified atom stereocenters. The molecule has 0 heterocycles. The minimum Gasteiger partial charge on any atom is -0.399 e. The van der Waals surface area contributed by atoms with Gasteiger partial charge in [-0.25, -0.2) is 8.42 Å². The van der Waals surface area contributed by atoms with Crippen LogP contribution >= 0.6 is 0 Å². The van der Waals surface area contributed by atoms with Gasteiger partial charge in [0.25, 0.3) is 0 Å². The predicted molar refractivity (Wildman–Crippen MR) is 71.8 cm³/mol. The SMILES string of the molecule is CC(C)OCCN(C)S(=O)(=O)c1ccc(N)cc1. The van der Waals surface area contributed by atoms with Gasteiger partial charge in [0.15, 0.2) is 0 Å². The van der Waals surface area contributed by atoms with Crippen molar-refractivity contribution in [3.05, 3.63) is 24.3 Å². The van der Waals surface area contributed by atoms with E-state index in [-0.39, 0.29) is 11.0 Å². The van der Waals surface area contributed by atoms with Crippen LogP contribution in [0.3, 0.4) is 0 Å². The van der Waals surface area contributed by atoms with E-state index in [1.165, 1.54) is 23.5 Å². The van der Waals surface area contributed by atoms with Crippen molar-refractivity contribution in [1.29, 1.82) is 0 Å². The Labute approximate surface area is 109 Å². The summed E-state index contributed by atoms with van der Waals surface area (Å²) >= 11 is 0. The van der Waals surface area contributed by atoms with E-state index in [9.17, 15) is 8.42 Å². The highest BCUT2D eigenvalue weighted by Crippen LogP contribution is 2.15. The molecule has 0 amide bonds. The molecular formula is C12H20N2O3S. The van der Waals surface area contributed by atoms with Crippen LogP contribution < -0.4 is 5.73 Å². The lowest BCUT2D eigenvalue weighted by atomic mass is 10.3. The molecule has 0 aliphatic carbocycles. The normalized spacial score (nSPS) is 12.3. The summed E-state index contributed by atoms with van der Waals surface area (Å²) in [4.78, 5) is 0.240. The summed E-state index contributed by atoms with van der Waals surface area (Å²) in [5.41, 5.74) is 6.07. The van der Waals surface area contributed by atoms with E-state index in [2.05, 4.69) is 0 Å². The minimum absolute atomic E-state index is 0.0950. The Hall–Kier alpha value is -1.11. The molecule has 0 fully saturated rings. The first kappa shape index (κ1) is 14.9. The van der Waals surface area contributed by atoms with Gasteiger partial charge in [-0.2, -0.15) is 4.31 Å². The Morgan fingerprint density at radius 3 is 2.33 bits per heavy atom. The maximum absolute atomic E-state index is 12.1. The molecule has 0 bridgehead atoms. The fourth-order valence-corrected chi connectivity index (χ4v) is 2.51. The third kappa shape index (κ3) is 3.97. The molecule has 0 spiro atoms. The Kier molecular flexibility index (Phi) is 5.13. The summed E-state index contributed by atoms with van der Waals surface area (Å²) in [7, 11) is -1.92. The fourth-order valence-electron chi connectivity index (χ4n) is 1.36. The summed E-state index contributed by atoms with van der Waals surface area (Å²) in [6.07, 6.45) is 0.0950. The van der Waals surface area contributed by atoms with Gasteiger partial charge in [0.2, 0.25) is 10.0 Å². The third-order valence-electron chi connectivity index (χ3n) is 2.45. The lowest BCUT2D eigenvalue weighted by Crippen LogP contribution is -2.30. The van der Waals surface area contributed by atoms with Gasteiger partial charge in [-0.1, -0.05) is 0 Å². The summed E-state index contributed by atoms with van der Waals surface area (Å²) < 4.78 is 30.9. The molecule has 5 nitrogen and oxygen atoms in total. The van der Waals surface area contributed by atoms with Crippen molar-refractivity contribution in [3.63, 3.8) is 0 Å². The Balaban J connectivity index is 2.71. The van der Waals surface area contributed by atoms with Gasteiger partial charge >= 0.3 is 0 Å². The molecular weight excluding hydrogens is 252 g/mol. The second-order valence-electron chi connectivity index (χ2n) is 4.32. The topological polar surface area (TPSA) is 72.6 Å². The van der Waals surface area contributed by atoms with Crippen LogP contribution in [-0.2, 0) is 14.8 Å². The van der Waals surface area contributed by atoms with Crippen LogP contribution in [0.5, 0.6) is 0 Å². The smallest absolute Gasteiger partial charge is 0.242 e. The van der Waals surface area contributed by atoms with E-state index in [4.69, 9.17) is 10.5 Å². The van der Waals surface area contributed by atoms with E-state index in [0.29, 0.717) is 18.8 Å². The molecule has 0 radical (unpaired) electrons. The summed E-state index contributed by atoms with van der Waals surface area (Å²) in [5.74, 6) is 0. The number of anilines is 1. The first-order valence-electron chi connectivity index (χ1n) is 5.77. The van der Waals surface area contributed by atoms with Gasteiger partial charge in [-0.15, -0.1) is 0 Å². The number of hydrogen-bond donors (Lipinski definition) is 1. The molecule has 18 heavy (non-hydrogen) atoms. The average Bonchev–Trinajstić information content (AvgIpc) is 2.28. The van der Waals surface area contributed by atoms with Crippen molar-refractivity contribution in [3.8, 4) is 0 Å². The molecule has 2 N–H and O–H groups in total. The maximum atomic E-state index is 12.1. The van der Waals surface area contributed by atoms with Crippen molar-refractivity contribution in [1.82, 2.24) is 4.31 Å². The van der Waals surface area contributed by atoms with E-state index in [1.807, 2.05) is 13.8 Å². The standard InChI is InChI=1S/C12H20N2O3S/c1-10(2)17-9-8-14(3)18(15,16)12-6-4-11(13)5-7-12/h4-7,10H,8-9,13H2,1-3H3. The molecule has 102 valence electrons. The molecule has 0 saturated carbocycles. The first-order chi connectivity index (χ1) is 8.34. The predicted octanol–water partition coefficient (Wildman–Crippen LogP) is 1.31. The monoisotopic (exact) mass is 272 g/mol. The van der Waals surface area contributed by atoms with Crippen LogP contribution in [0.15, 0.2) is 29.2 Å². The number of hydrogen-bond acceptors (Lipinski definition) is 4. The van der Waals surface area contributed by atoms with Crippen LogP contribution in [0.1, 0.15) is 13.8 Å². The number of nitrogens with two attached hydrogens (primary N) is 1. The zero-order chi connectivity index (χ0) is 13.8. The van der Waals surface area contributed by atoms with Gasteiger partial charge in [0.1, 0.15) is 0 Å². The van der Waals surface area contributed by atoms with Gasteiger partial charge < -0.3 is 10.5 Å². The van der Waals surface area contributed by atoms with Crippen molar-refractivity contribution in [2.45, 2.75) is 24.8 Å². The maximum Gasteiger partial charge on any atom is 0.242 e. The number of nitrogens with zero attached hydrogens (tertiary/aromatic N) is 1. The number of ether oxygens (including phenoxy) is 1. The molecule has 0 aliphatic heterocycles. The quantitative estimate of drug-likeness (QED) is 0.793. The molecule has 0 aromatic heterocycles. The van der Waals surface area contributed by atoms with Crippen LogP contribution in [0.2, 0.25) is 0 Å².